The Morgan fingerprint density at radius 3 is 2.69 bits per heavy atom. The van der Waals surface area contributed by atoms with E-state index in [-0.39, 0.29) is 0 Å². The first kappa shape index (κ1) is 20.0. The van der Waals surface area contributed by atoms with Crippen LogP contribution in [0.5, 0.6) is 11.6 Å². The molecule has 0 spiro atoms. The molecule has 2 aromatic rings. The monoisotopic (exact) mass is 402 g/mol. The van der Waals surface area contributed by atoms with E-state index in [0.717, 1.165) is 56.3 Å². The van der Waals surface area contributed by atoms with E-state index in [1.165, 1.54) is 0 Å². The third-order valence-corrected chi connectivity index (χ3v) is 6.26. The molecule has 2 aliphatic rings. The quantitative estimate of drug-likeness (QED) is 0.715. The molecule has 2 fully saturated rings. The van der Waals surface area contributed by atoms with E-state index in [0.29, 0.717) is 36.5 Å². The molecule has 0 atom stereocenters. The van der Waals surface area contributed by atoms with Gasteiger partial charge in [-0.05, 0) is 74.3 Å². The lowest BCUT2D eigenvalue weighted by Gasteiger charge is -2.49. The van der Waals surface area contributed by atoms with Crippen LogP contribution in [-0.4, -0.2) is 53.0 Å². The van der Waals surface area contributed by atoms with Crippen LogP contribution in [0.15, 0.2) is 22.7 Å². The summed E-state index contributed by atoms with van der Waals surface area (Å²) in [5, 5.41) is 14.5. The summed E-state index contributed by atoms with van der Waals surface area (Å²) >= 11 is 0. The van der Waals surface area contributed by atoms with Gasteiger partial charge >= 0.3 is 5.97 Å². The molecular weight excluding hydrogens is 372 g/mol. The predicted molar refractivity (Wildman–Crippen MR) is 108 cm³/mol. The van der Waals surface area contributed by atoms with Crippen LogP contribution in [0.1, 0.15) is 46.0 Å². The Bertz CT molecular complexity index is 850. The van der Waals surface area contributed by atoms with E-state index < -0.39 is 11.5 Å². The maximum absolute atomic E-state index is 11.7. The Morgan fingerprint density at radius 2 is 2.07 bits per heavy atom. The fourth-order valence-electron chi connectivity index (χ4n) is 4.31. The maximum atomic E-state index is 11.7. The molecule has 7 heteroatoms. The minimum Gasteiger partial charge on any atom is -0.492 e. The van der Waals surface area contributed by atoms with Crippen LogP contribution in [0.25, 0.3) is 11.0 Å². The van der Waals surface area contributed by atoms with E-state index in [9.17, 15) is 9.90 Å². The van der Waals surface area contributed by atoms with Crippen LogP contribution in [0.2, 0.25) is 0 Å². The topological polar surface area (TPSA) is 85.0 Å². The van der Waals surface area contributed by atoms with Crippen molar-refractivity contribution in [2.75, 3.05) is 26.3 Å². The van der Waals surface area contributed by atoms with Gasteiger partial charge in [0.2, 0.25) is 0 Å². The molecule has 1 aromatic carbocycles. The fourth-order valence-corrected chi connectivity index (χ4v) is 4.31. The number of ether oxygens (including phenoxy) is 2. The van der Waals surface area contributed by atoms with Gasteiger partial charge < -0.3 is 19.1 Å². The van der Waals surface area contributed by atoms with Crippen molar-refractivity contribution in [1.82, 2.24) is 10.1 Å². The van der Waals surface area contributed by atoms with E-state index >= 15 is 0 Å². The number of fused-ring (bicyclic) bond motifs is 1. The summed E-state index contributed by atoms with van der Waals surface area (Å²) in [7, 11) is 0. The number of benzene rings is 1. The average molecular weight is 402 g/mol. The van der Waals surface area contributed by atoms with Crippen LogP contribution >= 0.6 is 0 Å². The molecule has 1 aliphatic carbocycles. The van der Waals surface area contributed by atoms with Gasteiger partial charge in [-0.3, -0.25) is 9.69 Å². The van der Waals surface area contributed by atoms with Crippen molar-refractivity contribution in [3.8, 4) is 11.6 Å². The Kier molecular flexibility index (Phi) is 5.67. The minimum absolute atomic E-state index is 0.382. The second-order valence-corrected chi connectivity index (χ2v) is 8.75. The highest BCUT2D eigenvalue weighted by atomic mass is 16.5. The number of hydrogen-bond donors (Lipinski definition) is 1. The molecule has 1 saturated carbocycles. The second kappa shape index (κ2) is 8.22. The molecule has 1 saturated heterocycles. The largest absolute Gasteiger partial charge is 0.492 e. The Morgan fingerprint density at radius 1 is 1.31 bits per heavy atom. The lowest BCUT2D eigenvalue weighted by molar-refractivity contribution is -0.160. The second-order valence-electron chi connectivity index (χ2n) is 8.75. The van der Waals surface area contributed by atoms with Gasteiger partial charge in [-0.25, -0.2) is 0 Å². The van der Waals surface area contributed by atoms with E-state index in [2.05, 4.69) is 23.9 Å². The van der Waals surface area contributed by atoms with Crippen LogP contribution < -0.4 is 9.47 Å². The average Bonchev–Trinajstić information content (AvgIpc) is 3.08. The molecule has 4 rings (SSSR count). The van der Waals surface area contributed by atoms with Crippen molar-refractivity contribution >= 4 is 16.9 Å². The number of hydrogen-bond acceptors (Lipinski definition) is 6. The lowest BCUT2D eigenvalue weighted by Crippen LogP contribution is -2.61. The molecule has 1 aromatic heterocycles. The summed E-state index contributed by atoms with van der Waals surface area (Å²) in [5.41, 5.74) is 0.0426. The van der Waals surface area contributed by atoms with E-state index in [1.54, 1.807) is 0 Å². The number of nitrogens with zero attached hydrogens (tertiary/aromatic N) is 2. The van der Waals surface area contributed by atoms with Crippen LogP contribution in [0.4, 0.5) is 0 Å². The summed E-state index contributed by atoms with van der Waals surface area (Å²) in [5.74, 6) is 1.34. The summed E-state index contributed by atoms with van der Waals surface area (Å²) in [6.07, 6.45) is 4.42. The highest BCUT2D eigenvalue weighted by Gasteiger charge is 2.49. The van der Waals surface area contributed by atoms with Gasteiger partial charge in [0.05, 0.1) is 13.2 Å². The lowest BCUT2D eigenvalue weighted by atomic mass is 9.74. The Balaban J connectivity index is 1.36. The van der Waals surface area contributed by atoms with Gasteiger partial charge in [0.1, 0.15) is 16.7 Å². The number of aliphatic carboxylic acids is 1. The maximum Gasteiger partial charge on any atom is 0.324 e. The number of carbonyl (C=O) groups is 1. The van der Waals surface area contributed by atoms with Gasteiger partial charge in [0.25, 0.3) is 5.88 Å². The number of carboxylic acid groups (broad SMARTS) is 1. The molecule has 1 N–H and O–H groups in total. The molecule has 0 radical (unpaired) electrons. The van der Waals surface area contributed by atoms with Crippen molar-refractivity contribution in [1.29, 1.82) is 0 Å². The summed E-state index contributed by atoms with van der Waals surface area (Å²) < 4.78 is 17.4. The smallest absolute Gasteiger partial charge is 0.324 e. The number of aromatic nitrogens is 1. The predicted octanol–water partition coefficient (Wildman–Crippen LogP) is 3.96. The number of rotatable bonds is 8. The molecule has 0 unspecified atom stereocenters. The van der Waals surface area contributed by atoms with Crippen LogP contribution in [0, 0.1) is 11.8 Å². The number of carboxylic acids is 1. The minimum atomic E-state index is -0.665. The van der Waals surface area contributed by atoms with E-state index in [1.807, 2.05) is 18.2 Å². The van der Waals surface area contributed by atoms with Crippen LogP contribution in [0.3, 0.4) is 0 Å². The molecule has 0 amide bonds. The third kappa shape index (κ3) is 3.92. The molecule has 2 heterocycles. The normalized spacial score (nSPS) is 20.0. The van der Waals surface area contributed by atoms with Gasteiger partial charge in [-0.1, -0.05) is 19.9 Å². The first-order valence-electron chi connectivity index (χ1n) is 10.6. The SMILES string of the molecule is CC(C)COc1cccc2onc(OCC3CCN(C4(C(=O)O)CCC4)CC3)c12. The van der Waals surface area contributed by atoms with Crippen molar-refractivity contribution < 1.29 is 23.9 Å². The van der Waals surface area contributed by atoms with E-state index in [4.69, 9.17) is 14.0 Å². The van der Waals surface area contributed by atoms with Crippen molar-refractivity contribution in [3.63, 3.8) is 0 Å². The van der Waals surface area contributed by atoms with Gasteiger partial charge in [0.15, 0.2) is 5.58 Å². The standard InChI is InChI=1S/C22H30N2O5/c1-15(2)13-27-17-5-3-6-18-19(17)20(23-29-18)28-14-16-7-11-24(12-8-16)22(21(25)26)9-4-10-22/h3,5-6,15-16H,4,7-14H2,1-2H3,(H,25,26). The first-order chi connectivity index (χ1) is 14.0. The first-order valence-corrected chi connectivity index (χ1v) is 10.6. The Labute approximate surface area is 170 Å². The highest BCUT2D eigenvalue weighted by molar-refractivity contribution is 5.88. The molecule has 1 aliphatic heterocycles. The van der Waals surface area contributed by atoms with Crippen molar-refractivity contribution in [2.24, 2.45) is 11.8 Å². The third-order valence-electron chi connectivity index (χ3n) is 6.26. The molecule has 29 heavy (non-hydrogen) atoms. The summed E-state index contributed by atoms with van der Waals surface area (Å²) in [4.78, 5) is 13.9. The summed E-state index contributed by atoms with van der Waals surface area (Å²) in [6.45, 7) is 7.00. The van der Waals surface area contributed by atoms with Crippen molar-refractivity contribution in [3.05, 3.63) is 18.2 Å². The molecule has 7 nitrogen and oxygen atoms in total. The molecule has 0 bridgehead atoms. The zero-order chi connectivity index (χ0) is 20.4. The van der Waals surface area contributed by atoms with Gasteiger partial charge in [-0.15, -0.1) is 0 Å². The fraction of sp³-hybridized carbons (Fsp3) is 0.636. The molecular formula is C22H30N2O5. The number of piperidine rings is 1. The molecule has 158 valence electrons. The zero-order valence-electron chi connectivity index (χ0n) is 17.2. The zero-order valence-corrected chi connectivity index (χ0v) is 17.2. The Hall–Kier alpha value is -2.28. The van der Waals surface area contributed by atoms with Gasteiger partial charge in [-0.2, -0.15) is 0 Å². The number of likely N-dealkylation sites (tertiary alicyclic amines) is 1. The summed E-state index contributed by atoms with van der Waals surface area (Å²) in [6, 6.07) is 5.67. The van der Waals surface area contributed by atoms with Crippen molar-refractivity contribution in [2.45, 2.75) is 51.5 Å². The van der Waals surface area contributed by atoms with Crippen LogP contribution in [-0.2, 0) is 4.79 Å². The highest BCUT2D eigenvalue weighted by Crippen LogP contribution is 2.40. The van der Waals surface area contributed by atoms with Gasteiger partial charge in [0, 0.05) is 0 Å².